The van der Waals surface area contributed by atoms with Crippen molar-refractivity contribution < 1.29 is 4.74 Å². The molecule has 7 nitrogen and oxygen atoms in total. The second-order valence-corrected chi connectivity index (χ2v) is 6.65. The molecule has 2 rings (SSSR count). The molecule has 0 aliphatic carbocycles. The molecule has 136 valence electrons. The fraction of sp³-hybridized carbons (Fsp3) is 0.765. The van der Waals surface area contributed by atoms with Gasteiger partial charge in [0.15, 0.2) is 5.96 Å². The van der Waals surface area contributed by atoms with Crippen LogP contribution in [0.2, 0.25) is 0 Å². The lowest BCUT2D eigenvalue weighted by Gasteiger charge is -2.34. The minimum atomic E-state index is 0.222. The highest BCUT2D eigenvalue weighted by molar-refractivity contribution is 5.79. The molecule has 7 heteroatoms. The number of aryl methyl sites for hydroxylation is 1. The Morgan fingerprint density at radius 2 is 2.29 bits per heavy atom. The summed E-state index contributed by atoms with van der Waals surface area (Å²) in [6.45, 7) is 11.1. The van der Waals surface area contributed by atoms with Crippen LogP contribution in [0.3, 0.4) is 0 Å². The Bertz CT molecular complexity index is 473. The van der Waals surface area contributed by atoms with E-state index in [1.54, 1.807) is 13.2 Å². The zero-order valence-electron chi connectivity index (χ0n) is 15.2. The van der Waals surface area contributed by atoms with Crippen molar-refractivity contribution in [3.63, 3.8) is 0 Å². The molecule has 0 amide bonds. The number of aromatic nitrogens is 2. The minimum Gasteiger partial charge on any atom is -0.374 e. The Morgan fingerprint density at radius 1 is 1.42 bits per heavy atom. The summed E-state index contributed by atoms with van der Waals surface area (Å²) in [7, 11) is 1.80. The van der Waals surface area contributed by atoms with E-state index in [4.69, 9.17) is 4.74 Å². The third kappa shape index (κ3) is 6.88. The SMILES string of the molecule is CN=C(NCCCn1cccn1)NCC1CN(CC(C)C)CCO1. The topological polar surface area (TPSA) is 66.7 Å². The highest BCUT2D eigenvalue weighted by Crippen LogP contribution is 2.07. The quantitative estimate of drug-likeness (QED) is 0.417. The van der Waals surface area contributed by atoms with Crippen molar-refractivity contribution in [3.05, 3.63) is 18.5 Å². The number of nitrogens with zero attached hydrogens (tertiary/aromatic N) is 4. The fourth-order valence-electron chi connectivity index (χ4n) is 2.90. The first-order valence-electron chi connectivity index (χ1n) is 8.93. The first-order valence-corrected chi connectivity index (χ1v) is 8.93. The molecule has 1 aromatic rings. The number of ether oxygens (including phenoxy) is 1. The smallest absolute Gasteiger partial charge is 0.191 e. The fourth-order valence-corrected chi connectivity index (χ4v) is 2.90. The summed E-state index contributed by atoms with van der Waals surface area (Å²) < 4.78 is 7.80. The van der Waals surface area contributed by atoms with Crippen molar-refractivity contribution in [3.8, 4) is 0 Å². The molecular formula is C17H32N6O. The Kier molecular flexibility index (Phi) is 8.04. The van der Waals surface area contributed by atoms with E-state index in [-0.39, 0.29) is 6.10 Å². The van der Waals surface area contributed by atoms with Crippen molar-refractivity contribution in [2.75, 3.05) is 46.4 Å². The van der Waals surface area contributed by atoms with Gasteiger partial charge in [-0.05, 0) is 18.4 Å². The second-order valence-electron chi connectivity index (χ2n) is 6.65. The Hall–Kier alpha value is -1.60. The Labute approximate surface area is 145 Å². The predicted octanol–water partition coefficient (Wildman–Crippen LogP) is 0.795. The van der Waals surface area contributed by atoms with Gasteiger partial charge >= 0.3 is 0 Å². The molecule has 0 radical (unpaired) electrons. The van der Waals surface area contributed by atoms with Crippen LogP contribution in [0.1, 0.15) is 20.3 Å². The van der Waals surface area contributed by atoms with Crippen LogP contribution in [-0.4, -0.2) is 73.1 Å². The maximum Gasteiger partial charge on any atom is 0.191 e. The Balaban J connectivity index is 1.62. The number of nitrogens with one attached hydrogen (secondary N) is 2. The van der Waals surface area contributed by atoms with E-state index in [2.05, 4.69) is 39.5 Å². The van der Waals surface area contributed by atoms with E-state index in [0.29, 0.717) is 5.92 Å². The van der Waals surface area contributed by atoms with Crippen molar-refractivity contribution >= 4 is 5.96 Å². The number of guanidine groups is 1. The first-order chi connectivity index (χ1) is 11.7. The molecule has 0 spiro atoms. The van der Waals surface area contributed by atoms with Gasteiger partial charge in [0.25, 0.3) is 0 Å². The summed E-state index contributed by atoms with van der Waals surface area (Å²) >= 11 is 0. The molecule has 1 aliphatic heterocycles. The highest BCUT2D eigenvalue weighted by atomic mass is 16.5. The van der Waals surface area contributed by atoms with E-state index in [9.17, 15) is 0 Å². The zero-order valence-corrected chi connectivity index (χ0v) is 15.2. The van der Waals surface area contributed by atoms with Crippen LogP contribution in [-0.2, 0) is 11.3 Å². The molecule has 1 unspecified atom stereocenters. The summed E-state index contributed by atoms with van der Waals surface area (Å²) in [6.07, 6.45) is 5.02. The molecule has 2 heterocycles. The number of aliphatic imine (C=N–C) groups is 1. The van der Waals surface area contributed by atoms with E-state index in [1.807, 2.05) is 16.9 Å². The number of morpholine rings is 1. The lowest BCUT2D eigenvalue weighted by Crippen LogP contribution is -2.50. The highest BCUT2D eigenvalue weighted by Gasteiger charge is 2.20. The van der Waals surface area contributed by atoms with Gasteiger partial charge < -0.3 is 15.4 Å². The standard InChI is InChI=1S/C17H32N6O/c1-15(2)13-22-10-11-24-16(14-22)12-20-17(18-3)19-6-4-8-23-9-5-7-21-23/h5,7,9,15-16H,4,6,8,10-14H2,1-3H3,(H2,18,19,20). The van der Waals surface area contributed by atoms with E-state index >= 15 is 0 Å². The summed E-state index contributed by atoms with van der Waals surface area (Å²) in [4.78, 5) is 6.76. The van der Waals surface area contributed by atoms with Crippen LogP contribution in [0.4, 0.5) is 0 Å². The van der Waals surface area contributed by atoms with Gasteiger partial charge in [-0.25, -0.2) is 0 Å². The molecule has 2 N–H and O–H groups in total. The van der Waals surface area contributed by atoms with E-state index in [1.165, 1.54) is 0 Å². The summed E-state index contributed by atoms with van der Waals surface area (Å²) in [5.41, 5.74) is 0. The van der Waals surface area contributed by atoms with Gasteiger partial charge in [0.2, 0.25) is 0 Å². The van der Waals surface area contributed by atoms with Crippen LogP contribution < -0.4 is 10.6 Å². The van der Waals surface area contributed by atoms with Crippen LogP contribution >= 0.6 is 0 Å². The maximum atomic E-state index is 5.86. The summed E-state index contributed by atoms with van der Waals surface area (Å²) in [5, 5.41) is 10.9. The van der Waals surface area contributed by atoms with E-state index in [0.717, 1.165) is 58.3 Å². The van der Waals surface area contributed by atoms with Gasteiger partial charge in [-0.15, -0.1) is 0 Å². The number of hydrogen-bond donors (Lipinski definition) is 2. The van der Waals surface area contributed by atoms with Gasteiger partial charge in [0.1, 0.15) is 0 Å². The molecular weight excluding hydrogens is 304 g/mol. The molecule has 1 saturated heterocycles. The minimum absolute atomic E-state index is 0.222. The molecule has 0 saturated carbocycles. The van der Waals surface area contributed by atoms with Crippen LogP contribution in [0.15, 0.2) is 23.5 Å². The molecule has 1 aliphatic rings. The lowest BCUT2D eigenvalue weighted by atomic mass is 10.2. The van der Waals surface area contributed by atoms with Crippen molar-refractivity contribution in [2.24, 2.45) is 10.9 Å². The summed E-state index contributed by atoms with van der Waals surface area (Å²) in [5.74, 6) is 1.53. The van der Waals surface area contributed by atoms with Crippen LogP contribution in [0, 0.1) is 5.92 Å². The normalized spacial score (nSPS) is 19.7. The van der Waals surface area contributed by atoms with E-state index < -0.39 is 0 Å². The molecule has 24 heavy (non-hydrogen) atoms. The van der Waals surface area contributed by atoms with Gasteiger partial charge in [-0.1, -0.05) is 13.8 Å². The number of hydrogen-bond acceptors (Lipinski definition) is 4. The average Bonchev–Trinajstić information content (AvgIpc) is 3.07. The van der Waals surface area contributed by atoms with Gasteiger partial charge in [0.05, 0.1) is 12.7 Å². The van der Waals surface area contributed by atoms with Gasteiger partial charge in [-0.2, -0.15) is 5.10 Å². The monoisotopic (exact) mass is 336 g/mol. The lowest BCUT2D eigenvalue weighted by molar-refractivity contribution is -0.0284. The summed E-state index contributed by atoms with van der Waals surface area (Å²) in [6, 6.07) is 1.95. The third-order valence-corrected chi connectivity index (χ3v) is 3.98. The largest absolute Gasteiger partial charge is 0.374 e. The average molecular weight is 336 g/mol. The Morgan fingerprint density at radius 3 is 3.00 bits per heavy atom. The molecule has 1 atom stereocenters. The van der Waals surface area contributed by atoms with Crippen molar-refractivity contribution in [2.45, 2.75) is 32.9 Å². The van der Waals surface area contributed by atoms with Gasteiger partial charge in [-0.3, -0.25) is 14.6 Å². The molecule has 1 fully saturated rings. The molecule has 0 aromatic carbocycles. The maximum absolute atomic E-state index is 5.86. The van der Waals surface area contributed by atoms with Crippen molar-refractivity contribution in [1.82, 2.24) is 25.3 Å². The van der Waals surface area contributed by atoms with Crippen LogP contribution in [0.5, 0.6) is 0 Å². The number of rotatable bonds is 8. The predicted molar refractivity (Wildman–Crippen MR) is 97.2 cm³/mol. The first kappa shape index (κ1) is 18.7. The third-order valence-electron chi connectivity index (χ3n) is 3.98. The molecule has 0 bridgehead atoms. The van der Waals surface area contributed by atoms with Gasteiger partial charge in [0, 0.05) is 58.7 Å². The zero-order chi connectivity index (χ0) is 17.2. The van der Waals surface area contributed by atoms with Crippen molar-refractivity contribution in [1.29, 1.82) is 0 Å². The van der Waals surface area contributed by atoms with Crippen LogP contribution in [0.25, 0.3) is 0 Å². The second kappa shape index (κ2) is 10.3. The molecule has 1 aromatic heterocycles.